The van der Waals surface area contributed by atoms with Crippen molar-refractivity contribution >= 4 is 21.7 Å². The molecule has 0 atom stereocenters. The third-order valence-electron chi connectivity index (χ3n) is 3.03. The van der Waals surface area contributed by atoms with Crippen molar-refractivity contribution in [2.24, 2.45) is 0 Å². The molecule has 0 aliphatic carbocycles. The second-order valence-corrected chi connectivity index (χ2v) is 5.09. The zero-order valence-electron chi connectivity index (χ0n) is 9.74. The number of hydrogen-bond acceptors (Lipinski definition) is 3. The summed E-state index contributed by atoms with van der Waals surface area (Å²) in [4.78, 5) is 6.81. The number of pyridine rings is 1. The van der Waals surface area contributed by atoms with E-state index in [4.69, 9.17) is 4.74 Å². The van der Waals surface area contributed by atoms with E-state index in [2.05, 4.69) is 38.8 Å². The lowest BCUT2D eigenvalue weighted by atomic mass is 10.1. The summed E-state index contributed by atoms with van der Waals surface area (Å²) in [5, 5.41) is 0. The molecule has 1 aromatic heterocycles. The highest BCUT2D eigenvalue weighted by atomic mass is 79.9. The standard InChI is InChI=1S/C12H17BrN2O/c1-9-7-11(13)12(14-8-9)15-5-3-10(16-2)4-6-15/h7-8,10H,3-6H2,1-2H3. The maximum absolute atomic E-state index is 5.37. The highest BCUT2D eigenvalue weighted by Crippen LogP contribution is 2.27. The van der Waals surface area contributed by atoms with E-state index in [0.29, 0.717) is 6.10 Å². The molecule has 0 aromatic carbocycles. The molecule has 2 rings (SSSR count). The van der Waals surface area contributed by atoms with Gasteiger partial charge in [0, 0.05) is 26.4 Å². The highest BCUT2D eigenvalue weighted by Gasteiger charge is 2.20. The maximum Gasteiger partial charge on any atom is 0.142 e. The Morgan fingerprint density at radius 3 is 2.69 bits per heavy atom. The first-order chi connectivity index (χ1) is 7.70. The molecular formula is C12H17BrN2O. The van der Waals surface area contributed by atoms with E-state index >= 15 is 0 Å². The summed E-state index contributed by atoms with van der Waals surface area (Å²) in [7, 11) is 1.79. The molecule has 1 aromatic rings. The molecule has 88 valence electrons. The van der Waals surface area contributed by atoms with Gasteiger partial charge in [0.1, 0.15) is 5.82 Å². The molecular weight excluding hydrogens is 268 g/mol. The summed E-state index contributed by atoms with van der Waals surface area (Å²) in [6, 6.07) is 2.12. The van der Waals surface area contributed by atoms with Gasteiger partial charge in [0.05, 0.1) is 10.6 Å². The molecule has 4 heteroatoms. The summed E-state index contributed by atoms with van der Waals surface area (Å²) < 4.78 is 6.45. The van der Waals surface area contributed by atoms with E-state index in [9.17, 15) is 0 Å². The monoisotopic (exact) mass is 284 g/mol. The molecule has 0 saturated carbocycles. The normalized spacial score (nSPS) is 17.8. The van der Waals surface area contributed by atoms with Crippen LogP contribution in [0.4, 0.5) is 5.82 Å². The summed E-state index contributed by atoms with van der Waals surface area (Å²) >= 11 is 3.58. The second-order valence-electron chi connectivity index (χ2n) is 4.24. The lowest BCUT2D eigenvalue weighted by Crippen LogP contribution is -2.37. The molecule has 0 N–H and O–H groups in total. The number of methoxy groups -OCH3 is 1. The fourth-order valence-electron chi connectivity index (χ4n) is 2.06. The third-order valence-corrected chi connectivity index (χ3v) is 3.62. The van der Waals surface area contributed by atoms with E-state index in [1.165, 1.54) is 5.56 Å². The quantitative estimate of drug-likeness (QED) is 0.835. The first-order valence-corrected chi connectivity index (χ1v) is 6.40. The molecule has 2 heterocycles. The van der Waals surface area contributed by atoms with E-state index < -0.39 is 0 Å². The fourth-order valence-corrected chi connectivity index (χ4v) is 2.78. The molecule has 3 nitrogen and oxygen atoms in total. The Morgan fingerprint density at radius 1 is 1.44 bits per heavy atom. The van der Waals surface area contributed by atoms with Crippen LogP contribution < -0.4 is 4.90 Å². The van der Waals surface area contributed by atoms with Crippen LogP contribution in [-0.2, 0) is 4.74 Å². The van der Waals surface area contributed by atoms with Crippen LogP contribution in [0.3, 0.4) is 0 Å². The largest absolute Gasteiger partial charge is 0.381 e. The molecule has 0 radical (unpaired) electrons. The Kier molecular flexibility index (Phi) is 3.82. The number of rotatable bonds is 2. The van der Waals surface area contributed by atoms with Gasteiger partial charge in [0.15, 0.2) is 0 Å². The number of aromatic nitrogens is 1. The van der Waals surface area contributed by atoms with Crippen molar-refractivity contribution < 1.29 is 4.74 Å². The lowest BCUT2D eigenvalue weighted by molar-refractivity contribution is 0.0818. The van der Waals surface area contributed by atoms with Gasteiger partial charge in [0.25, 0.3) is 0 Å². The second kappa shape index (κ2) is 5.15. The average molecular weight is 285 g/mol. The Bertz CT molecular complexity index is 362. The van der Waals surface area contributed by atoms with Crippen molar-refractivity contribution in [3.8, 4) is 0 Å². The van der Waals surface area contributed by atoms with Crippen LogP contribution >= 0.6 is 15.9 Å². The highest BCUT2D eigenvalue weighted by molar-refractivity contribution is 9.10. The Hall–Kier alpha value is -0.610. The summed E-state index contributed by atoms with van der Waals surface area (Å²) in [5.41, 5.74) is 1.18. The van der Waals surface area contributed by atoms with E-state index in [0.717, 1.165) is 36.2 Å². The van der Waals surface area contributed by atoms with Crippen molar-refractivity contribution in [2.45, 2.75) is 25.9 Å². The van der Waals surface area contributed by atoms with Crippen molar-refractivity contribution in [1.82, 2.24) is 4.98 Å². The Balaban J connectivity index is 2.08. The van der Waals surface area contributed by atoms with E-state index in [-0.39, 0.29) is 0 Å². The zero-order valence-corrected chi connectivity index (χ0v) is 11.3. The van der Waals surface area contributed by atoms with Crippen LogP contribution in [0.2, 0.25) is 0 Å². The van der Waals surface area contributed by atoms with Gasteiger partial charge in [-0.15, -0.1) is 0 Å². The molecule has 0 amide bonds. The first-order valence-electron chi connectivity index (χ1n) is 5.60. The molecule has 0 spiro atoms. The Morgan fingerprint density at radius 2 is 2.12 bits per heavy atom. The van der Waals surface area contributed by atoms with Gasteiger partial charge >= 0.3 is 0 Å². The minimum Gasteiger partial charge on any atom is -0.381 e. The van der Waals surface area contributed by atoms with Crippen LogP contribution in [0, 0.1) is 6.92 Å². The predicted molar refractivity (Wildman–Crippen MR) is 68.9 cm³/mol. The van der Waals surface area contributed by atoms with Crippen LogP contribution in [0.25, 0.3) is 0 Å². The van der Waals surface area contributed by atoms with Gasteiger partial charge < -0.3 is 9.64 Å². The smallest absolute Gasteiger partial charge is 0.142 e. The molecule has 1 aliphatic rings. The Labute approximate surface area is 105 Å². The van der Waals surface area contributed by atoms with Crippen molar-refractivity contribution in [3.05, 3.63) is 22.3 Å². The number of aryl methyl sites for hydroxylation is 1. The van der Waals surface area contributed by atoms with E-state index in [1.54, 1.807) is 7.11 Å². The van der Waals surface area contributed by atoms with Crippen LogP contribution in [0.1, 0.15) is 18.4 Å². The number of halogens is 1. The minimum absolute atomic E-state index is 0.417. The number of nitrogens with zero attached hydrogens (tertiary/aromatic N) is 2. The number of piperidine rings is 1. The minimum atomic E-state index is 0.417. The van der Waals surface area contributed by atoms with Crippen LogP contribution in [0.5, 0.6) is 0 Å². The number of hydrogen-bond donors (Lipinski definition) is 0. The number of anilines is 1. The maximum atomic E-state index is 5.37. The van der Waals surface area contributed by atoms with Crippen molar-refractivity contribution in [2.75, 3.05) is 25.1 Å². The molecule has 1 aliphatic heterocycles. The molecule has 1 fully saturated rings. The van der Waals surface area contributed by atoms with Crippen molar-refractivity contribution in [1.29, 1.82) is 0 Å². The SMILES string of the molecule is COC1CCN(c2ncc(C)cc2Br)CC1. The molecule has 0 bridgehead atoms. The topological polar surface area (TPSA) is 25.4 Å². The van der Waals surface area contributed by atoms with Gasteiger partial charge in [-0.1, -0.05) is 0 Å². The number of ether oxygens (including phenoxy) is 1. The van der Waals surface area contributed by atoms with E-state index in [1.807, 2.05) is 6.20 Å². The summed E-state index contributed by atoms with van der Waals surface area (Å²) in [5.74, 6) is 1.06. The van der Waals surface area contributed by atoms with Gasteiger partial charge in [-0.05, 0) is 47.3 Å². The van der Waals surface area contributed by atoms with Crippen LogP contribution in [-0.4, -0.2) is 31.3 Å². The fraction of sp³-hybridized carbons (Fsp3) is 0.583. The lowest BCUT2D eigenvalue weighted by Gasteiger charge is -2.32. The first kappa shape index (κ1) is 11.9. The summed E-state index contributed by atoms with van der Waals surface area (Å²) in [6.45, 7) is 4.10. The third kappa shape index (κ3) is 2.55. The van der Waals surface area contributed by atoms with Gasteiger partial charge in [-0.3, -0.25) is 0 Å². The van der Waals surface area contributed by atoms with Crippen molar-refractivity contribution in [3.63, 3.8) is 0 Å². The zero-order chi connectivity index (χ0) is 11.5. The van der Waals surface area contributed by atoms with Gasteiger partial charge in [-0.25, -0.2) is 4.98 Å². The molecule has 0 unspecified atom stereocenters. The predicted octanol–water partition coefficient (Wildman–Crippen LogP) is 2.77. The molecule has 16 heavy (non-hydrogen) atoms. The average Bonchev–Trinajstić information content (AvgIpc) is 2.29. The summed E-state index contributed by atoms with van der Waals surface area (Å²) in [6.07, 6.45) is 4.50. The van der Waals surface area contributed by atoms with Gasteiger partial charge in [0.2, 0.25) is 0 Å². The van der Waals surface area contributed by atoms with Gasteiger partial charge in [-0.2, -0.15) is 0 Å². The van der Waals surface area contributed by atoms with Crippen LogP contribution in [0.15, 0.2) is 16.7 Å². The molecule has 1 saturated heterocycles.